The van der Waals surface area contributed by atoms with Crippen LogP contribution in [0.3, 0.4) is 0 Å². The molecule has 1 amide bonds. The third-order valence-corrected chi connectivity index (χ3v) is 6.69. The van der Waals surface area contributed by atoms with Gasteiger partial charge in [0.15, 0.2) is 10.8 Å². The van der Waals surface area contributed by atoms with Crippen molar-refractivity contribution in [2.24, 2.45) is 0 Å². The maximum atomic E-state index is 15.1. The van der Waals surface area contributed by atoms with Crippen molar-refractivity contribution >= 4 is 40.3 Å². The lowest BCUT2D eigenvalue weighted by Crippen LogP contribution is -2.55. The number of amides is 1. The Kier molecular flexibility index (Phi) is 5.66. The van der Waals surface area contributed by atoms with Gasteiger partial charge in [-0.1, -0.05) is 12.1 Å². The van der Waals surface area contributed by atoms with Crippen LogP contribution in [0.4, 0.5) is 25.8 Å². The highest BCUT2D eigenvalue weighted by Crippen LogP contribution is 2.48. The van der Waals surface area contributed by atoms with Gasteiger partial charge < -0.3 is 4.90 Å². The fourth-order valence-electron chi connectivity index (χ4n) is 4.38. The summed E-state index contributed by atoms with van der Waals surface area (Å²) < 4.78 is 29.9. The number of rotatable bonds is 5. The zero-order valence-electron chi connectivity index (χ0n) is 17.5. The highest BCUT2D eigenvalue weighted by atomic mass is 32.1. The van der Waals surface area contributed by atoms with Gasteiger partial charge in [0.2, 0.25) is 0 Å². The van der Waals surface area contributed by atoms with Crippen molar-refractivity contribution in [3.05, 3.63) is 64.5 Å². The second-order valence-electron chi connectivity index (χ2n) is 8.09. The number of hydrogen-bond donors (Lipinski definition) is 0. The minimum absolute atomic E-state index is 0.00673. The number of carbonyl (C=O) groups excluding carboxylic acids is 1. The van der Waals surface area contributed by atoms with Gasteiger partial charge in [0.25, 0.3) is 5.91 Å². The van der Waals surface area contributed by atoms with E-state index in [0.29, 0.717) is 43.4 Å². The van der Waals surface area contributed by atoms with Crippen LogP contribution in [-0.4, -0.2) is 16.6 Å². The molecule has 162 valence electrons. The van der Waals surface area contributed by atoms with E-state index in [-0.39, 0.29) is 28.0 Å². The summed E-state index contributed by atoms with van der Waals surface area (Å²) in [6.45, 7) is 8.66. The monoisotopic (exact) mass is 450 g/mol. The number of hydrogen-bond acceptors (Lipinski definition) is 3. The van der Waals surface area contributed by atoms with Gasteiger partial charge in [0.05, 0.1) is 18.3 Å². The molecule has 4 rings (SSSR count). The first-order valence-electron chi connectivity index (χ1n) is 10.4. The molecule has 1 aliphatic heterocycles. The van der Waals surface area contributed by atoms with Crippen LogP contribution in [-0.2, 0) is 11.2 Å². The summed E-state index contributed by atoms with van der Waals surface area (Å²) >= 11 is 5.62. The Morgan fingerprint density at radius 1 is 1.28 bits per heavy atom. The number of halogens is 2. The number of carbonyl (C=O) groups is 1. The van der Waals surface area contributed by atoms with Crippen molar-refractivity contribution < 1.29 is 13.6 Å². The fourth-order valence-corrected chi connectivity index (χ4v) is 4.84. The molecule has 0 unspecified atom stereocenters. The molecule has 32 heavy (non-hydrogen) atoms. The molecule has 1 aliphatic carbocycles. The number of benzene rings is 2. The standard InChI is InChI=1S/C24H20F2N4OS/c1-15-19(28-2)9-10-20(21(15)26)29-22(31)24(11-5-12-24)30(23(29)32)17-8-7-16(18(25)14-17)6-3-4-13-27/h7-10,14H,3-6,11-12H2,1H3. The molecule has 1 heterocycles. The van der Waals surface area contributed by atoms with E-state index in [9.17, 15) is 9.18 Å². The van der Waals surface area contributed by atoms with Crippen molar-refractivity contribution in [1.29, 1.82) is 5.26 Å². The van der Waals surface area contributed by atoms with Gasteiger partial charge in [-0.3, -0.25) is 9.69 Å². The summed E-state index contributed by atoms with van der Waals surface area (Å²) in [6.07, 6.45) is 3.23. The van der Waals surface area contributed by atoms with Crippen LogP contribution in [0.2, 0.25) is 0 Å². The molecule has 0 aromatic heterocycles. The van der Waals surface area contributed by atoms with Gasteiger partial charge in [-0.25, -0.2) is 13.6 Å². The molecule has 0 N–H and O–H groups in total. The van der Waals surface area contributed by atoms with Crippen LogP contribution in [0.15, 0.2) is 30.3 Å². The van der Waals surface area contributed by atoms with E-state index in [1.807, 2.05) is 6.07 Å². The minimum Gasteiger partial charge on any atom is -0.303 e. The first kappa shape index (κ1) is 21.9. The van der Waals surface area contributed by atoms with E-state index >= 15 is 4.39 Å². The molecule has 1 saturated heterocycles. The van der Waals surface area contributed by atoms with Crippen LogP contribution in [0.5, 0.6) is 0 Å². The van der Waals surface area contributed by atoms with Crippen LogP contribution in [0.25, 0.3) is 4.85 Å². The average molecular weight is 451 g/mol. The van der Waals surface area contributed by atoms with Gasteiger partial charge in [-0.15, -0.1) is 0 Å². The SMILES string of the molecule is [C-]#[N+]c1ccc(N2C(=O)C3(CCC3)N(c3ccc(CCCC#N)c(F)c3)C2=S)c(F)c1C. The van der Waals surface area contributed by atoms with Gasteiger partial charge >= 0.3 is 0 Å². The topological polar surface area (TPSA) is 51.7 Å². The quantitative estimate of drug-likeness (QED) is 0.332. The van der Waals surface area contributed by atoms with Crippen LogP contribution in [0, 0.1) is 36.5 Å². The molecule has 2 aromatic carbocycles. The van der Waals surface area contributed by atoms with Crippen molar-refractivity contribution in [2.75, 3.05) is 9.80 Å². The first-order valence-corrected chi connectivity index (χ1v) is 10.8. The second kappa shape index (κ2) is 8.29. The van der Waals surface area contributed by atoms with Crippen LogP contribution in [0.1, 0.15) is 43.2 Å². The molecule has 1 spiro atoms. The van der Waals surface area contributed by atoms with E-state index in [2.05, 4.69) is 4.85 Å². The second-order valence-corrected chi connectivity index (χ2v) is 8.45. The molecule has 0 bridgehead atoms. The number of nitriles is 1. The molecule has 2 aliphatic rings. The molecule has 1 saturated carbocycles. The Morgan fingerprint density at radius 2 is 2.03 bits per heavy atom. The molecular weight excluding hydrogens is 430 g/mol. The minimum atomic E-state index is -0.954. The predicted molar refractivity (Wildman–Crippen MR) is 121 cm³/mol. The lowest BCUT2D eigenvalue weighted by Gasteiger charge is -2.43. The predicted octanol–water partition coefficient (Wildman–Crippen LogP) is 5.73. The summed E-state index contributed by atoms with van der Waals surface area (Å²) in [7, 11) is 0. The number of nitrogens with zero attached hydrogens (tertiary/aromatic N) is 4. The number of aryl methyl sites for hydroxylation is 1. The smallest absolute Gasteiger partial charge is 0.259 e. The van der Waals surface area contributed by atoms with Crippen molar-refractivity contribution in [3.63, 3.8) is 0 Å². The lowest BCUT2D eigenvalue weighted by atomic mass is 9.75. The van der Waals surface area contributed by atoms with E-state index in [1.165, 1.54) is 30.0 Å². The Labute approximate surface area is 190 Å². The largest absolute Gasteiger partial charge is 0.303 e. The lowest BCUT2D eigenvalue weighted by molar-refractivity contribution is -0.123. The summed E-state index contributed by atoms with van der Waals surface area (Å²) in [6, 6.07) is 9.65. The maximum Gasteiger partial charge on any atom is 0.259 e. The van der Waals surface area contributed by atoms with Crippen LogP contribution < -0.4 is 9.80 Å². The molecular formula is C24H20F2N4OS. The Balaban J connectivity index is 1.73. The Hall–Kier alpha value is -3.36. The fraction of sp³-hybridized carbons (Fsp3) is 0.333. The third-order valence-electron chi connectivity index (χ3n) is 6.32. The summed E-state index contributed by atoms with van der Waals surface area (Å²) in [5.74, 6) is -1.42. The summed E-state index contributed by atoms with van der Waals surface area (Å²) in [4.78, 5) is 19.6. The van der Waals surface area contributed by atoms with Gasteiger partial charge in [0, 0.05) is 12.1 Å². The van der Waals surface area contributed by atoms with E-state index < -0.39 is 17.2 Å². The zero-order valence-corrected chi connectivity index (χ0v) is 18.3. The van der Waals surface area contributed by atoms with Crippen LogP contribution >= 0.6 is 12.2 Å². The van der Waals surface area contributed by atoms with Gasteiger partial charge in [-0.05, 0) is 80.6 Å². The molecule has 5 nitrogen and oxygen atoms in total. The molecule has 0 atom stereocenters. The maximum absolute atomic E-state index is 15.1. The average Bonchev–Trinajstić information content (AvgIpc) is 2.98. The van der Waals surface area contributed by atoms with Crippen molar-refractivity contribution in [2.45, 2.75) is 51.0 Å². The molecule has 0 radical (unpaired) electrons. The normalized spacial score (nSPS) is 16.8. The van der Waals surface area contributed by atoms with Gasteiger partial charge in [0.1, 0.15) is 17.2 Å². The van der Waals surface area contributed by atoms with E-state index in [1.54, 1.807) is 17.0 Å². The first-order chi connectivity index (χ1) is 15.4. The molecule has 2 aromatic rings. The van der Waals surface area contributed by atoms with E-state index in [4.69, 9.17) is 24.1 Å². The number of thiocarbonyl (C=S) groups is 1. The van der Waals surface area contributed by atoms with E-state index in [0.717, 1.165) is 6.42 Å². The molecule has 2 fully saturated rings. The number of anilines is 2. The summed E-state index contributed by atoms with van der Waals surface area (Å²) in [5.41, 5.74) is 0.325. The highest BCUT2D eigenvalue weighted by molar-refractivity contribution is 7.81. The molecule has 8 heteroatoms. The van der Waals surface area contributed by atoms with Crippen molar-refractivity contribution in [3.8, 4) is 6.07 Å². The number of unbranched alkanes of at least 4 members (excludes halogenated alkanes) is 1. The highest BCUT2D eigenvalue weighted by Gasteiger charge is 2.60. The summed E-state index contributed by atoms with van der Waals surface area (Å²) in [5, 5.41) is 8.79. The van der Waals surface area contributed by atoms with Gasteiger partial charge in [-0.2, -0.15) is 5.26 Å². The zero-order chi connectivity index (χ0) is 23.0. The Morgan fingerprint density at radius 3 is 2.62 bits per heavy atom. The van der Waals surface area contributed by atoms with Crippen molar-refractivity contribution in [1.82, 2.24) is 0 Å². The Bertz CT molecular complexity index is 1210. The third kappa shape index (κ3) is 3.23.